The van der Waals surface area contributed by atoms with Crippen molar-refractivity contribution in [2.75, 3.05) is 7.11 Å². The van der Waals surface area contributed by atoms with Gasteiger partial charge in [-0.3, -0.25) is 4.57 Å². The van der Waals surface area contributed by atoms with Gasteiger partial charge in [-0.2, -0.15) is 5.26 Å². The largest absolute Gasteiger partial charge is 0.495 e. The summed E-state index contributed by atoms with van der Waals surface area (Å²) in [7, 11) is 1.35. The molecule has 0 bridgehead atoms. The number of alkyl halides is 1. The molecule has 1 aromatic carbocycles. The zero-order valence-corrected chi connectivity index (χ0v) is 12.9. The maximum atomic E-state index is 14.3. The van der Waals surface area contributed by atoms with Gasteiger partial charge in [-0.15, -0.1) is 0 Å². The maximum Gasteiger partial charge on any atom is 0.334 e. The lowest BCUT2D eigenvalue weighted by molar-refractivity contribution is 0.266. The molecule has 2 heterocycles. The van der Waals surface area contributed by atoms with Crippen LogP contribution in [0.4, 0.5) is 8.78 Å². The van der Waals surface area contributed by atoms with E-state index in [1.165, 1.54) is 17.7 Å². The number of methoxy groups -OCH3 is 1. The second-order valence-electron chi connectivity index (χ2n) is 5.16. The number of fused-ring (bicyclic) bond motifs is 1. The molecule has 0 amide bonds. The first-order valence-electron chi connectivity index (χ1n) is 6.92. The lowest BCUT2D eigenvalue weighted by atomic mass is 10.1. The molecule has 1 atom stereocenters. The van der Waals surface area contributed by atoms with Crippen LogP contribution in [0.3, 0.4) is 0 Å². The second-order valence-corrected chi connectivity index (χ2v) is 5.57. The molecule has 0 fully saturated rings. The Hall–Kier alpha value is -2.33. The molecule has 8 heteroatoms. The molecule has 3 rings (SSSR count). The van der Waals surface area contributed by atoms with Crippen LogP contribution in [0.15, 0.2) is 16.9 Å². The third-order valence-corrected chi connectivity index (χ3v) is 4.18. The molecular weight excluding hydrogens is 328 g/mol. The lowest BCUT2D eigenvalue weighted by Crippen LogP contribution is -2.27. The summed E-state index contributed by atoms with van der Waals surface area (Å²) in [4.78, 5) is 12.5. The summed E-state index contributed by atoms with van der Waals surface area (Å²) in [6, 6.07) is 4.03. The van der Waals surface area contributed by atoms with E-state index in [4.69, 9.17) is 16.3 Å². The molecule has 0 N–H and O–H groups in total. The molecule has 1 unspecified atom stereocenters. The van der Waals surface area contributed by atoms with Gasteiger partial charge in [0.2, 0.25) is 0 Å². The highest BCUT2D eigenvalue weighted by Crippen LogP contribution is 2.33. The van der Waals surface area contributed by atoms with Crippen LogP contribution in [-0.4, -0.2) is 16.2 Å². The Kier molecular flexibility index (Phi) is 3.86. The average Bonchev–Trinajstić information content (AvgIpc) is 2.81. The van der Waals surface area contributed by atoms with Crippen LogP contribution in [0.5, 0.6) is 5.75 Å². The van der Waals surface area contributed by atoms with Gasteiger partial charge < -0.3 is 4.74 Å². The van der Waals surface area contributed by atoms with Gasteiger partial charge in [-0.05, 0) is 18.9 Å². The summed E-state index contributed by atoms with van der Waals surface area (Å²) in [5.74, 6) is -0.646. The van der Waals surface area contributed by atoms with E-state index >= 15 is 0 Å². The smallest absolute Gasteiger partial charge is 0.334 e. The van der Waals surface area contributed by atoms with Gasteiger partial charge in [-0.25, -0.2) is 18.1 Å². The van der Waals surface area contributed by atoms with Gasteiger partial charge >= 0.3 is 5.69 Å². The van der Waals surface area contributed by atoms with E-state index in [9.17, 15) is 18.8 Å². The molecule has 0 saturated heterocycles. The van der Waals surface area contributed by atoms with Crippen LogP contribution in [0.1, 0.15) is 30.4 Å². The number of aromatic nitrogens is 2. The number of halogens is 3. The molecule has 1 aliphatic heterocycles. The number of nitriles is 1. The van der Waals surface area contributed by atoms with Crippen LogP contribution >= 0.6 is 11.6 Å². The third-order valence-electron chi connectivity index (χ3n) is 3.88. The lowest BCUT2D eigenvalue weighted by Gasteiger charge is -2.16. The van der Waals surface area contributed by atoms with Crippen LogP contribution in [0.2, 0.25) is 5.02 Å². The monoisotopic (exact) mass is 339 g/mol. The predicted molar refractivity (Wildman–Crippen MR) is 79.3 cm³/mol. The van der Waals surface area contributed by atoms with Gasteiger partial charge in [0.05, 0.1) is 23.5 Å². The number of rotatable bonds is 2. The van der Waals surface area contributed by atoms with Crippen molar-refractivity contribution in [3.63, 3.8) is 0 Å². The Labute approximate surface area is 135 Å². The van der Waals surface area contributed by atoms with Crippen molar-refractivity contribution in [2.45, 2.75) is 25.6 Å². The normalized spacial score (nSPS) is 16.7. The molecule has 0 saturated carbocycles. The van der Waals surface area contributed by atoms with Gasteiger partial charge in [0.1, 0.15) is 23.8 Å². The number of hydrogen-bond acceptors (Lipinski definition) is 3. The zero-order valence-electron chi connectivity index (χ0n) is 12.1. The van der Waals surface area contributed by atoms with Crippen LogP contribution < -0.4 is 10.4 Å². The molecule has 0 aliphatic carbocycles. The van der Waals surface area contributed by atoms with Gasteiger partial charge in [-0.1, -0.05) is 11.6 Å². The molecule has 120 valence electrons. The van der Waals surface area contributed by atoms with Crippen molar-refractivity contribution in [1.82, 2.24) is 9.13 Å². The van der Waals surface area contributed by atoms with Crippen molar-refractivity contribution in [1.29, 1.82) is 5.26 Å². The van der Waals surface area contributed by atoms with Crippen LogP contribution in [0, 0.1) is 17.1 Å². The van der Waals surface area contributed by atoms with Crippen LogP contribution in [0.25, 0.3) is 5.69 Å². The molecule has 5 nitrogen and oxygen atoms in total. The molecule has 1 aliphatic rings. The number of imidazole rings is 1. The average molecular weight is 340 g/mol. The summed E-state index contributed by atoms with van der Waals surface area (Å²) < 4.78 is 35.6. The van der Waals surface area contributed by atoms with E-state index < -0.39 is 17.7 Å². The minimum atomic E-state index is -1.43. The topological polar surface area (TPSA) is 60.0 Å². The van der Waals surface area contributed by atoms with Gasteiger partial charge in [0.25, 0.3) is 0 Å². The van der Waals surface area contributed by atoms with E-state index in [2.05, 4.69) is 0 Å². The first kappa shape index (κ1) is 15.6. The quantitative estimate of drug-likeness (QED) is 0.844. The number of ether oxygens (including phenoxy) is 1. The Bertz CT molecular complexity index is 882. The fraction of sp³-hybridized carbons (Fsp3) is 0.333. The van der Waals surface area contributed by atoms with E-state index in [0.29, 0.717) is 13.0 Å². The van der Waals surface area contributed by atoms with Crippen molar-refractivity contribution < 1.29 is 13.5 Å². The van der Waals surface area contributed by atoms with E-state index in [0.717, 1.165) is 10.6 Å². The van der Waals surface area contributed by atoms with E-state index in [1.807, 2.05) is 6.07 Å². The summed E-state index contributed by atoms with van der Waals surface area (Å²) >= 11 is 5.84. The Balaban J connectivity index is 2.35. The second kappa shape index (κ2) is 5.70. The molecular formula is C15H12ClF2N3O2. The standard InChI is InChI=1S/C15H12ClF2N3O2/c1-23-13-6-11(10(18)5-8(13)16)21-12(7-19)14-9(17)3-2-4-20(14)15(21)22/h5-6,9H,2-4H2,1H3. The van der Waals surface area contributed by atoms with Gasteiger partial charge in [0.15, 0.2) is 5.69 Å². The third kappa shape index (κ3) is 2.30. The summed E-state index contributed by atoms with van der Waals surface area (Å²) in [6.45, 7) is 0.294. The highest BCUT2D eigenvalue weighted by Gasteiger charge is 2.31. The molecule has 0 radical (unpaired) electrons. The fourth-order valence-electron chi connectivity index (χ4n) is 2.84. The summed E-state index contributed by atoms with van der Waals surface area (Å²) in [5.41, 5.74) is -1.05. The Morgan fingerprint density at radius 1 is 1.48 bits per heavy atom. The number of benzene rings is 1. The molecule has 1 aromatic heterocycles. The minimum absolute atomic E-state index is 0.00272. The highest BCUT2D eigenvalue weighted by atomic mass is 35.5. The first-order valence-corrected chi connectivity index (χ1v) is 7.30. The van der Waals surface area contributed by atoms with Crippen molar-refractivity contribution in [3.05, 3.63) is 44.8 Å². The molecule has 0 spiro atoms. The van der Waals surface area contributed by atoms with Crippen molar-refractivity contribution in [3.8, 4) is 17.5 Å². The summed E-state index contributed by atoms with van der Waals surface area (Å²) in [5, 5.41) is 9.40. The first-order chi connectivity index (χ1) is 11.0. The SMILES string of the molecule is COc1cc(-n2c(C#N)c3n(c2=O)CCCC3F)c(F)cc1Cl. The van der Waals surface area contributed by atoms with Crippen molar-refractivity contribution >= 4 is 11.6 Å². The maximum absolute atomic E-state index is 14.3. The highest BCUT2D eigenvalue weighted by molar-refractivity contribution is 6.32. The van der Waals surface area contributed by atoms with Gasteiger partial charge in [0, 0.05) is 12.6 Å². The molecule has 23 heavy (non-hydrogen) atoms. The fourth-order valence-corrected chi connectivity index (χ4v) is 3.07. The van der Waals surface area contributed by atoms with E-state index in [1.54, 1.807) is 0 Å². The predicted octanol–water partition coefficient (Wildman–Crippen LogP) is 3.12. The van der Waals surface area contributed by atoms with Crippen LogP contribution in [-0.2, 0) is 6.54 Å². The number of nitrogens with zero attached hydrogens (tertiary/aromatic N) is 3. The number of hydrogen-bond donors (Lipinski definition) is 0. The zero-order chi connectivity index (χ0) is 16.7. The summed E-state index contributed by atoms with van der Waals surface area (Å²) in [6.07, 6.45) is -0.718. The van der Waals surface area contributed by atoms with Crippen molar-refractivity contribution in [2.24, 2.45) is 0 Å². The van der Waals surface area contributed by atoms with E-state index in [-0.39, 0.29) is 34.3 Å². The molecule has 2 aromatic rings. The Morgan fingerprint density at radius 2 is 2.22 bits per heavy atom. The minimum Gasteiger partial charge on any atom is -0.495 e. The Morgan fingerprint density at radius 3 is 2.87 bits per heavy atom.